The Morgan fingerprint density at radius 2 is 1.75 bits per heavy atom. The summed E-state index contributed by atoms with van der Waals surface area (Å²) in [5, 5.41) is 0. The average Bonchev–Trinajstić information content (AvgIpc) is 2.59. The number of hydrogen-bond acceptors (Lipinski definition) is 7. The zero-order valence-electron chi connectivity index (χ0n) is 16.8. The quantitative estimate of drug-likeness (QED) is 0.553. The van der Waals surface area contributed by atoms with Crippen LogP contribution in [0.5, 0.6) is 0 Å². The van der Waals surface area contributed by atoms with Crippen molar-refractivity contribution in [3.63, 3.8) is 0 Å². The highest BCUT2D eigenvalue weighted by molar-refractivity contribution is 7.86. The lowest BCUT2D eigenvalue weighted by Gasteiger charge is -2.37. The predicted molar refractivity (Wildman–Crippen MR) is 101 cm³/mol. The average molecular weight is 413 g/mol. The van der Waals surface area contributed by atoms with Crippen LogP contribution < -0.4 is 0 Å². The van der Waals surface area contributed by atoms with Crippen molar-refractivity contribution in [1.29, 1.82) is 0 Å². The standard InChI is InChI=1S/C19H27NO7S/c1-13-6-8-15(9-7-13)28(23,24)27-14-10-11-20(16(12-14)17(21)25-5)18(22)26-19(2,3)4/h6-9,14,16H,10-12H2,1-5H3/t14-,16+/m0/s1. The molecule has 8 nitrogen and oxygen atoms in total. The second kappa shape index (κ2) is 8.48. The van der Waals surface area contributed by atoms with E-state index < -0.39 is 39.9 Å². The van der Waals surface area contributed by atoms with Crippen LogP contribution in [-0.4, -0.2) is 56.8 Å². The van der Waals surface area contributed by atoms with E-state index in [-0.39, 0.29) is 24.3 Å². The minimum atomic E-state index is -3.99. The van der Waals surface area contributed by atoms with Crippen LogP contribution in [0.25, 0.3) is 0 Å². The van der Waals surface area contributed by atoms with Gasteiger partial charge in [-0.25, -0.2) is 9.59 Å². The van der Waals surface area contributed by atoms with Gasteiger partial charge in [-0.15, -0.1) is 0 Å². The molecule has 0 aromatic heterocycles. The van der Waals surface area contributed by atoms with Crippen LogP contribution >= 0.6 is 0 Å². The highest BCUT2D eigenvalue weighted by Gasteiger charge is 2.40. The van der Waals surface area contributed by atoms with E-state index in [0.717, 1.165) is 5.56 Å². The largest absolute Gasteiger partial charge is 0.467 e. The van der Waals surface area contributed by atoms with Gasteiger partial charge in [0.1, 0.15) is 11.6 Å². The molecule has 1 saturated heterocycles. The van der Waals surface area contributed by atoms with Crippen molar-refractivity contribution < 1.29 is 31.7 Å². The fraction of sp³-hybridized carbons (Fsp3) is 0.579. The number of ether oxygens (including phenoxy) is 2. The molecule has 28 heavy (non-hydrogen) atoms. The molecule has 2 atom stereocenters. The number of methoxy groups -OCH3 is 1. The van der Waals surface area contributed by atoms with E-state index in [9.17, 15) is 18.0 Å². The fourth-order valence-corrected chi connectivity index (χ4v) is 3.97. The SMILES string of the molecule is COC(=O)[C@H]1C[C@@H](OS(=O)(=O)c2ccc(C)cc2)CCN1C(=O)OC(C)(C)C. The minimum absolute atomic E-state index is 0.00297. The van der Waals surface area contributed by atoms with E-state index >= 15 is 0 Å². The molecule has 1 aromatic carbocycles. The number of benzene rings is 1. The molecule has 1 amide bonds. The molecule has 2 rings (SSSR count). The first kappa shape index (κ1) is 22.2. The van der Waals surface area contributed by atoms with Gasteiger partial charge >= 0.3 is 12.1 Å². The lowest BCUT2D eigenvalue weighted by Crippen LogP contribution is -2.53. The number of amides is 1. The van der Waals surface area contributed by atoms with Gasteiger partial charge < -0.3 is 9.47 Å². The fourth-order valence-electron chi connectivity index (χ4n) is 2.86. The second-order valence-corrected chi connectivity index (χ2v) is 9.29. The maximum atomic E-state index is 12.5. The van der Waals surface area contributed by atoms with Crippen molar-refractivity contribution >= 4 is 22.2 Å². The molecule has 0 saturated carbocycles. The van der Waals surface area contributed by atoms with Crippen LogP contribution in [0.4, 0.5) is 4.79 Å². The summed E-state index contributed by atoms with van der Waals surface area (Å²) in [4.78, 5) is 25.9. The van der Waals surface area contributed by atoms with Gasteiger partial charge in [-0.2, -0.15) is 8.42 Å². The number of nitrogens with zero attached hydrogens (tertiary/aromatic N) is 1. The lowest BCUT2D eigenvalue weighted by atomic mass is 10.00. The summed E-state index contributed by atoms with van der Waals surface area (Å²) >= 11 is 0. The van der Waals surface area contributed by atoms with Gasteiger partial charge in [0.05, 0.1) is 18.1 Å². The Labute approximate surface area is 165 Å². The molecule has 1 aliphatic rings. The number of carbonyl (C=O) groups is 2. The van der Waals surface area contributed by atoms with Crippen molar-refractivity contribution in [2.75, 3.05) is 13.7 Å². The molecule has 0 radical (unpaired) electrons. The predicted octanol–water partition coefficient (Wildman–Crippen LogP) is 2.64. The van der Waals surface area contributed by atoms with Gasteiger partial charge in [-0.3, -0.25) is 9.08 Å². The van der Waals surface area contributed by atoms with Gasteiger partial charge in [0, 0.05) is 13.0 Å². The maximum absolute atomic E-state index is 12.5. The zero-order valence-corrected chi connectivity index (χ0v) is 17.6. The van der Waals surface area contributed by atoms with E-state index in [1.165, 1.54) is 24.1 Å². The molecule has 0 unspecified atom stereocenters. The van der Waals surface area contributed by atoms with Gasteiger partial charge in [0.25, 0.3) is 10.1 Å². The summed E-state index contributed by atoms with van der Waals surface area (Å²) in [6.07, 6.45) is -1.16. The van der Waals surface area contributed by atoms with Crippen LogP contribution in [0, 0.1) is 6.92 Å². The molecule has 1 aliphatic heterocycles. The summed E-state index contributed by atoms with van der Waals surface area (Å²) in [5.41, 5.74) is 0.204. The molecule has 0 N–H and O–H groups in total. The van der Waals surface area contributed by atoms with Crippen LogP contribution in [-0.2, 0) is 28.6 Å². The Balaban J connectivity index is 2.14. The van der Waals surface area contributed by atoms with Gasteiger partial charge in [0.2, 0.25) is 0 Å². The van der Waals surface area contributed by atoms with Crippen molar-refractivity contribution in [2.24, 2.45) is 0 Å². The normalized spacial score (nSPS) is 20.5. The molecule has 9 heteroatoms. The Kier molecular flexibility index (Phi) is 6.71. The van der Waals surface area contributed by atoms with Gasteiger partial charge in [0.15, 0.2) is 0 Å². The Bertz CT molecular complexity index is 812. The summed E-state index contributed by atoms with van der Waals surface area (Å²) in [6, 6.07) is 5.32. The van der Waals surface area contributed by atoms with Crippen molar-refractivity contribution in [3.05, 3.63) is 29.8 Å². The minimum Gasteiger partial charge on any atom is -0.467 e. The lowest BCUT2D eigenvalue weighted by molar-refractivity contribution is -0.149. The zero-order chi connectivity index (χ0) is 21.1. The summed E-state index contributed by atoms with van der Waals surface area (Å²) < 4.78 is 40.5. The number of hydrogen-bond donors (Lipinski definition) is 0. The second-order valence-electron chi connectivity index (χ2n) is 7.72. The summed E-state index contributed by atoms with van der Waals surface area (Å²) in [5.74, 6) is -0.646. The molecule has 1 heterocycles. The first-order chi connectivity index (χ1) is 12.9. The third kappa shape index (κ3) is 5.68. The van der Waals surface area contributed by atoms with Crippen LogP contribution in [0.2, 0.25) is 0 Å². The topological polar surface area (TPSA) is 99.2 Å². The highest BCUT2D eigenvalue weighted by atomic mass is 32.2. The number of aryl methyl sites for hydroxylation is 1. The molecular formula is C19H27NO7S. The molecule has 1 fully saturated rings. The van der Waals surface area contributed by atoms with E-state index in [1.807, 2.05) is 6.92 Å². The van der Waals surface area contributed by atoms with Gasteiger partial charge in [-0.1, -0.05) is 17.7 Å². The summed E-state index contributed by atoms with van der Waals surface area (Å²) in [6.45, 7) is 7.14. The van der Waals surface area contributed by atoms with Crippen LogP contribution in [0.3, 0.4) is 0 Å². The van der Waals surface area contributed by atoms with E-state index in [2.05, 4.69) is 0 Å². The molecule has 0 aliphatic carbocycles. The maximum Gasteiger partial charge on any atom is 0.411 e. The number of carbonyl (C=O) groups excluding carboxylic acids is 2. The number of piperidine rings is 1. The van der Waals surface area contributed by atoms with Crippen LogP contribution in [0.15, 0.2) is 29.2 Å². The molecule has 0 spiro atoms. The third-order valence-electron chi connectivity index (χ3n) is 4.23. The Morgan fingerprint density at radius 1 is 1.14 bits per heavy atom. The highest BCUT2D eigenvalue weighted by Crippen LogP contribution is 2.26. The van der Waals surface area contributed by atoms with E-state index in [1.54, 1.807) is 32.9 Å². The number of likely N-dealkylation sites (tertiary alicyclic amines) is 1. The van der Waals surface area contributed by atoms with E-state index in [0.29, 0.717) is 0 Å². The number of esters is 1. The monoisotopic (exact) mass is 413 g/mol. The number of rotatable bonds is 4. The van der Waals surface area contributed by atoms with Crippen molar-refractivity contribution in [1.82, 2.24) is 4.90 Å². The molecule has 0 bridgehead atoms. The molecular weight excluding hydrogens is 386 g/mol. The first-order valence-corrected chi connectivity index (χ1v) is 10.4. The Hall–Kier alpha value is -2.13. The Morgan fingerprint density at radius 3 is 2.29 bits per heavy atom. The third-order valence-corrected chi connectivity index (χ3v) is 5.60. The molecule has 156 valence electrons. The van der Waals surface area contributed by atoms with E-state index in [4.69, 9.17) is 13.7 Å². The van der Waals surface area contributed by atoms with Crippen LogP contribution in [0.1, 0.15) is 39.2 Å². The first-order valence-electron chi connectivity index (χ1n) is 9.00. The van der Waals surface area contributed by atoms with Gasteiger partial charge in [-0.05, 0) is 46.2 Å². The van der Waals surface area contributed by atoms with Crippen molar-refractivity contribution in [2.45, 2.75) is 63.2 Å². The smallest absolute Gasteiger partial charge is 0.411 e. The summed E-state index contributed by atoms with van der Waals surface area (Å²) in [7, 11) is -2.77. The molecule has 1 aromatic rings. The van der Waals surface area contributed by atoms with Crippen molar-refractivity contribution in [3.8, 4) is 0 Å².